The van der Waals surface area contributed by atoms with Crippen LogP contribution in [0.5, 0.6) is 0 Å². The van der Waals surface area contributed by atoms with Crippen molar-refractivity contribution in [2.75, 3.05) is 32.0 Å². The molecule has 1 aliphatic heterocycles. The number of nitrogens with zero attached hydrogens (tertiary/aromatic N) is 2. The van der Waals surface area contributed by atoms with E-state index < -0.39 is 0 Å². The highest BCUT2D eigenvalue weighted by Gasteiger charge is 2.27. The Bertz CT molecular complexity index is 1110. The Kier molecular flexibility index (Phi) is 8.09. The second-order valence-electron chi connectivity index (χ2n) is 9.00. The fourth-order valence-corrected chi connectivity index (χ4v) is 5.22. The number of amides is 2. The highest BCUT2D eigenvalue weighted by atomic mass is 35.5. The summed E-state index contributed by atoms with van der Waals surface area (Å²) in [6, 6.07) is 17.5. The molecular formula is C27H30Cl2N4O. The number of carbonyl (C=O) groups is 1. The van der Waals surface area contributed by atoms with Crippen molar-refractivity contribution in [2.45, 2.75) is 25.7 Å². The van der Waals surface area contributed by atoms with Crippen molar-refractivity contribution in [1.82, 2.24) is 15.2 Å². The summed E-state index contributed by atoms with van der Waals surface area (Å²) in [4.78, 5) is 19.4. The molecule has 0 saturated carbocycles. The number of piperidine rings is 1. The molecule has 1 aliphatic rings. The fourth-order valence-electron chi connectivity index (χ4n) is 4.69. The molecular weight excluding hydrogens is 467 g/mol. The molecule has 2 amide bonds. The Morgan fingerprint density at radius 3 is 2.41 bits per heavy atom. The van der Waals surface area contributed by atoms with Gasteiger partial charge < -0.3 is 15.5 Å². The van der Waals surface area contributed by atoms with Gasteiger partial charge >= 0.3 is 6.03 Å². The normalized spacial score (nSPS) is 15.6. The lowest BCUT2D eigenvalue weighted by Crippen LogP contribution is -2.38. The van der Waals surface area contributed by atoms with Crippen LogP contribution in [-0.2, 0) is 0 Å². The minimum absolute atomic E-state index is 0.228. The van der Waals surface area contributed by atoms with Gasteiger partial charge in [-0.2, -0.15) is 0 Å². The van der Waals surface area contributed by atoms with Crippen LogP contribution in [0.25, 0.3) is 11.1 Å². The van der Waals surface area contributed by atoms with Crippen molar-refractivity contribution in [1.29, 1.82) is 0 Å². The van der Waals surface area contributed by atoms with Crippen LogP contribution in [0.1, 0.15) is 30.0 Å². The highest BCUT2D eigenvalue weighted by molar-refractivity contribution is 6.35. The molecule has 1 fully saturated rings. The van der Waals surface area contributed by atoms with E-state index in [1.165, 1.54) is 5.56 Å². The molecule has 4 rings (SSSR count). The second kappa shape index (κ2) is 11.2. The predicted octanol–water partition coefficient (Wildman–Crippen LogP) is 6.61. The summed E-state index contributed by atoms with van der Waals surface area (Å²) in [5.74, 6) is 0.731. The molecule has 0 bridgehead atoms. The van der Waals surface area contributed by atoms with Crippen molar-refractivity contribution in [3.05, 3.63) is 82.1 Å². The highest BCUT2D eigenvalue weighted by Crippen LogP contribution is 2.33. The van der Waals surface area contributed by atoms with Crippen molar-refractivity contribution in [3.8, 4) is 11.1 Å². The number of aromatic nitrogens is 1. The Balaban J connectivity index is 1.49. The molecule has 0 radical (unpaired) electrons. The van der Waals surface area contributed by atoms with E-state index >= 15 is 0 Å². The standard InChI is InChI=1S/C27H30Cl2N4O/c1-18-25(4-3-11-30-18)19-5-7-20(8-6-19)26(21-9-12-33(2)13-10-21)17-31-27(34)32-24-15-22(28)14-23(29)16-24/h3-8,11,14-16,21,26H,9-10,12-13,17H2,1-2H3,(H2,31,32,34). The molecule has 1 unspecified atom stereocenters. The van der Waals surface area contributed by atoms with Crippen LogP contribution < -0.4 is 10.6 Å². The molecule has 0 aliphatic carbocycles. The van der Waals surface area contributed by atoms with Gasteiger partial charge in [-0.15, -0.1) is 0 Å². The molecule has 3 aromatic rings. The Morgan fingerprint density at radius 1 is 1.09 bits per heavy atom. The zero-order valence-electron chi connectivity index (χ0n) is 19.5. The summed E-state index contributed by atoms with van der Waals surface area (Å²) in [6.07, 6.45) is 4.03. The molecule has 5 nitrogen and oxygen atoms in total. The van der Waals surface area contributed by atoms with Gasteiger partial charge in [-0.25, -0.2) is 4.79 Å². The van der Waals surface area contributed by atoms with Crippen molar-refractivity contribution < 1.29 is 4.79 Å². The van der Waals surface area contributed by atoms with Crippen LogP contribution >= 0.6 is 23.2 Å². The number of urea groups is 1. The summed E-state index contributed by atoms with van der Waals surface area (Å²) in [7, 11) is 2.16. The van der Waals surface area contributed by atoms with E-state index in [1.54, 1.807) is 18.2 Å². The Hall–Kier alpha value is -2.60. The first-order chi connectivity index (χ1) is 16.4. The van der Waals surface area contributed by atoms with Gasteiger partial charge in [0.1, 0.15) is 0 Å². The van der Waals surface area contributed by atoms with E-state index in [1.807, 2.05) is 19.2 Å². The summed E-state index contributed by atoms with van der Waals surface area (Å²) in [5.41, 5.74) is 5.12. The maximum Gasteiger partial charge on any atom is 0.319 e. The minimum atomic E-state index is -0.265. The number of halogens is 2. The van der Waals surface area contributed by atoms with Crippen molar-refractivity contribution in [2.24, 2.45) is 5.92 Å². The van der Waals surface area contributed by atoms with Crippen molar-refractivity contribution in [3.63, 3.8) is 0 Å². The maximum atomic E-state index is 12.7. The van der Waals surface area contributed by atoms with Gasteiger partial charge in [0, 0.05) is 45.6 Å². The minimum Gasteiger partial charge on any atom is -0.337 e. The lowest BCUT2D eigenvalue weighted by Gasteiger charge is -2.35. The van der Waals surface area contributed by atoms with E-state index in [2.05, 4.69) is 57.9 Å². The number of likely N-dealkylation sites (tertiary alicyclic amines) is 1. The number of aryl methyl sites for hydroxylation is 1. The SMILES string of the molecule is Cc1ncccc1-c1ccc(C(CNC(=O)Nc2cc(Cl)cc(Cl)c2)C2CCN(C)CC2)cc1. The van der Waals surface area contributed by atoms with E-state index in [0.29, 0.717) is 28.2 Å². The van der Waals surface area contributed by atoms with Crippen LogP contribution in [0.2, 0.25) is 10.0 Å². The summed E-state index contributed by atoms with van der Waals surface area (Å²) in [5, 5.41) is 6.88. The average Bonchev–Trinajstić information content (AvgIpc) is 2.80. The smallest absolute Gasteiger partial charge is 0.319 e. The largest absolute Gasteiger partial charge is 0.337 e. The topological polar surface area (TPSA) is 57.3 Å². The molecule has 1 atom stereocenters. The second-order valence-corrected chi connectivity index (χ2v) is 9.87. The Morgan fingerprint density at radius 2 is 1.76 bits per heavy atom. The Labute approximate surface area is 211 Å². The van der Waals surface area contributed by atoms with Crippen LogP contribution in [0.3, 0.4) is 0 Å². The quantitative estimate of drug-likeness (QED) is 0.403. The van der Waals surface area contributed by atoms with Gasteiger partial charge in [0.2, 0.25) is 0 Å². The summed E-state index contributed by atoms with van der Waals surface area (Å²) < 4.78 is 0. The fraction of sp³-hybridized carbons (Fsp3) is 0.333. The molecule has 1 aromatic heterocycles. The summed E-state index contributed by atoms with van der Waals surface area (Å²) in [6.45, 7) is 4.72. The number of pyridine rings is 1. The molecule has 0 spiro atoms. The van der Waals surface area contributed by atoms with Gasteiger partial charge in [-0.05, 0) is 81.2 Å². The first-order valence-corrected chi connectivity index (χ1v) is 12.4. The summed E-state index contributed by atoms with van der Waals surface area (Å²) >= 11 is 12.1. The number of carbonyl (C=O) groups excluding carboxylic acids is 1. The van der Waals surface area contributed by atoms with Gasteiger partial charge in [0.15, 0.2) is 0 Å². The number of anilines is 1. The molecule has 1 saturated heterocycles. The maximum absolute atomic E-state index is 12.7. The average molecular weight is 497 g/mol. The van der Waals surface area contributed by atoms with E-state index in [-0.39, 0.29) is 11.9 Å². The monoisotopic (exact) mass is 496 g/mol. The van der Waals surface area contributed by atoms with Gasteiger partial charge in [0.05, 0.1) is 0 Å². The molecule has 2 heterocycles. The molecule has 2 aromatic carbocycles. The number of rotatable bonds is 6. The number of nitrogens with one attached hydrogen (secondary N) is 2. The van der Waals surface area contributed by atoms with Crippen molar-refractivity contribution >= 4 is 34.9 Å². The number of hydrogen-bond acceptors (Lipinski definition) is 3. The molecule has 178 valence electrons. The lowest BCUT2D eigenvalue weighted by molar-refractivity contribution is 0.195. The molecule has 7 heteroatoms. The molecule has 34 heavy (non-hydrogen) atoms. The zero-order valence-corrected chi connectivity index (χ0v) is 21.0. The first kappa shape index (κ1) is 24.5. The third-order valence-electron chi connectivity index (χ3n) is 6.59. The van der Waals surface area contributed by atoms with E-state index in [4.69, 9.17) is 23.2 Å². The van der Waals surface area contributed by atoms with E-state index in [0.717, 1.165) is 42.8 Å². The van der Waals surface area contributed by atoms with Gasteiger partial charge in [-0.3, -0.25) is 4.98 Å². The molecule has 2 N–H and O–H groups in total. The number of benzene rings is 2. The van der Waals surface area contributed by atoms with Crippen LogP contribution in [-0.4, -0.2) is 42.6 Å². The third kappa shape index (κ3) is 6.29. The van der Waals surface area contributed by atoms with Crippen LogP contribution in [0.15, 0.2) is 60.8 Å². The predicted molar refractivity (Wildman–Crippen MR) is 141 cm³/mol. The van der Waals surface area contributed by atoms with Crippen LogP contribution in [0, 0.1) is 12.8 Å². The van der Waals surface area contributed by atoms with E-state index in [9.17, 15) is 4.79 Å². The van der Waals surface area contributed by atoms with Crippen LogP contribution in [0.4, 0.5) is 10.5 Å². The first-order valence-electron chi connectivity index (χ1n) is 11.6. The third-order valence-corrected chi connectivity index (χ3v) is 7.03. The van der Waals surface area contributed by atoms with Gasteiger partial charge in [-0.1, -0.05) is 53.5 Å². The lowest BCUT2D eigenvalue weighted by atomic mass is 9.79. The zero-order chi connectivity index (χ0) is 24.1. The number of hydrogen-bond donors (Lipinski definition) is 2. The van der Waals surface area contributed by atoms with Gasteiger partial charge in [0.25, 0.3) is 0 Å².